The average Bonchev–Trinajstić information content (AvgIpc) is 2.76. The third-order valence-corrected chi connectivity index (χ3v) is 4.82. The van der Waals surface area contributed by atoms with Crippen molar-refractivity contribution in [1.29, 1.82) is 0 Å². The van der Waals surface area contributed by atoms with Crippen LogP contribution in [0.25, 0.3) is 0 Å². The molecule has 33 heavy (non-hydrogen) atoms. The molecule has 0 bridgehead atoms. The Bertz CT molecular complexity index is 698. The van der Waals surface area contributed by atoms with Crippen molar-refractivity contribution in [3.05, 3.63) is 29.8 Å². The summed E-state index contributed by atoms with van der Waals surface area (Å²) in [6.45, 7) is 5.36. The third kappa shape index (κ3) is 13.0. The summed E-state index contributed by atoms with van der Waals surface area (Å²) in [6.07, 6.45) is -3.95. The standard InChI is InChI=1S/C23H35F3N2O5/c1-3-13-27-22(31)28(14-7-5-6-12-23(24,25)26)15-16-33-19-10-8-18(9-11-19)17-20(21(29)30)32-4-2/h8-11,20H,3-7,12-17H2,1-2H3,(H,27,31)(H,29,30). The molecule has 0 heterocycles. The highest BCUT2D eigenvalue weighted by Crippen LogP contribution is 2.22. The highest BCUT2D eigenvalue weighted by atomic mass is 19.4. The number of urea groups is 1. The monoisotopic (exact) mass is 476 g/mol. The summed E-state index contributed by atoms with van der Waals surface area (Å²) in [6, 6.07) is 6.70. The molecule has 0 aliphatic heterocycles. The first kappa shape index (κ1) is 28.5. The van der Waals surface area contributed by atoms with Crippen LogP contribution in [-0.4, -0.2) is 67.1 Å². The van der Waals surface area contributed by atoms with Crippen molar-refractivity contribution < 1.29 is 37.3 Å². The SMILES string of the molecule is CCCNC(=O)N(CCCCCC(F)(F)F)CCOc1ccc(CC(OCC)C(=O)O)cc1. The Morgan fingerprint density at radius 1 is 1.09 bits per heavy atom. The lowest BCUT2D eigenvalue weighted by Crippen LogP contribution is -2.42. The molecule has 1 aromatic carbocycles. The van der Waals surface area contributed by atoms with Crippen LogP contribution in [-0.2, 0) is 16.0 Å². The quantitative estimate of drug-likeness (QED) is 0.339. The van der Waals surface area contributed by atoms with Gasteiger partial charge in [0.1, 0.15) is 12.4 Å². The number of carboxylic acid groups (broad SMARTS) is 1. The number of unbranched alkanes of at least 4 members (excludes halogenated alkanes) is 2. The number of hydrogen-bond acceptors (Lipinski definition) is 4. The molecule has 0 saturated carbocycles. The summed E-state index contributed by atoms with van der Waals surface area (Å²) >= 11 is 0. The van der Waals surface area contributed by atoms with Gasteiger partial charge in [-0.2, -0.15) is 13.2 Å². The van der Waals surface area contributed by atoms with Gasteiger partial charge in [-0.05, 0) is 43.9 Å². The van der Waals surface area contributed by atoms with E-state index in [-0.39, 0.29) is 25.5 Å². The zero-order valence-corrected chi connectivity index (χ0v) is 19.3. The average molecular weight is 477 g/mol. The lowest BCUT2D eigenvalue weighted by atomic mass is 10.1. The summed E-state index contributed by atoms with van der Waals surface area (Å²) in [5.74, 6) is -0.446. The van der Waals surface area contributed by atoms with E-state index < -0.39 is 24.7 Å². The number of rotatable bonds is 16. The molecule has 7 nitrogen and oxygen atoms in total. The Morgan fingerprint density at radius 3 is 2.36 bits per heavy atom. The Labute approximate surface area is 193 Å². The number of nitrogens with zero attached hydrogens (tertiary/aromatic N) is 1. The van der Waals surface area contributed by atoms with Crippen molar-refractivity contribution in [3.63, 3.8) is 0 Å². The van der Waals surface area contributed by atoms with Gasteiger partial charge in [-0.25, -0.2) is 9.59 Å². The molecule has 1 aromatic rings. The maximum absolute atomic E-state index is 12.3. The van der Waals surface area contributed by atoms with Crippen LogP contribution < -0.4 is 10.1 Å². The predicted molar refractivity (Wildman–Crippen MR) is 118 cm³/mol. The van der Waals surface area contributed by atoms with Gasteiger partial charge in [-0.3, -0.25) is 0 Å². The Balaban J connectivity index is 2.52. The van der Waals surface area contributed by atoms with E-state index >= 15 is 0 Å². The normalized spacial score (nSPS) is 12.3. The first-order valence-electron chi connectivity index (χ1n) is 11.3. The van der Waals surface area contributed by atoms with Crippen LogP contribution in [0.1, 0.15) is 51.5 Å². The van der Waals surface area contributed by atoms with Gasteiger partial charge in [-0.15, -0.1) is 0 Å². The molecular formula is C23H35F3N2O5. The van der Waals surface area contributed by atoms with Crippen molar-refractivity contribution in [1.82, 2.24) is 10.2 Å². The van der Waals surface area contributed by atoms with Crippen molar-refractivity contribution in [2.45, 2.75) is 64.7 Å². The van der Waals surface area contributed by atoms with Crippen LogP contribution in [0.15, 0.2) is 24.3 Å². The molecule has 1 atom stereocenters. The van der Waals surface area contributed by atoms with Gasteiger partial charge in [0.2, 0.25) is 0 Å². The molecular weight excluding hydrogens is 441 g/mol. The smallest absolute Gasteiger partial charge is 0.389 e. The van der Waals surface area contributed by atoms with Crippen LogP contribution in [0.3, 0.4) is 0 Å². The fraction of sp³-hybridized carbons (Fsp3) is 0.652. The third-order valence-electron chi connectivity index (χ3n) is 4.82. The molecule has 188 valence electrons. The summed E-state index contributed by atoms with van der Waals surface area (Å²) in [4.78, 5) is 25.1. The zero-order chi connectivity index (χ0) is 24.7. The molecule has 0 spiro atoms. The summed E-state index contributed by atoms with van der Waals surface area (Å²) in [5, 5.41) is 12.0. The Hall–Kier alpha value is -2.49. The molecule has 0 radical (unpaired) electrons. The largest absolute Gasteiger partial charge is 0.492 e. The summed E-state index contributed by atoms with van der Waals surface area (Å²) in [7, 11) is 0. The summed E-state index contributed by atoms with van der Waals surface area (Å²) < 4.78 is 47.7. The first-order chi connectivity index (χ1) is 15.7. The van der Waals surface area contributed by atoms with Crippen molar-refractivity contribution in [2.24, 2.45) is 0 Å². The number of amides is 2. The van der Waals surface area contributed by atoms with E-state index in [1.54, 1.807) is 36.1 Å². The van der Waals surface area contributed by atoms with Crippen molar-refractivity contribution in [3.8, 4) is 5.75 Å². The molecule has 0 fully saturated rings. The minimum absolute atomic E-state index is 0.0444. The van der Waals surface area contributed by atoms with E-state index in [2.05, 4.69) is 5.32 Å². The van der Waals surface area contributed by atoms with E-state index in [1.807, 2.05) is 6.92 Å². The second-order valence-corrected chi connectivity index (χ2v) is 7.62. The van der Waals surface area contributed by atoms with Crippen molar-refractivity contribution in [2.75, 3.05) is 32.8 Å². The molecule has 0 aliphatic carbocycles. The molecule has 1 unspecified atom stereocenters. The zero-order valence-electron chi connectivity index (χ0n) is 19.3. The second kappa shape index (κ2) is 15.4. The molecule has 2 amide bonds. The molecule has 0 aliphatic rings. The van der Waals surface area contributed by atoms with Gasteiger partial charge >= 0.3 is 18.2 Å². The van der Waals surface area contributed by atoms with E-state index in [4.69, 9.17) is 9.47 Å². The topological polar surface area (TPSA) is 88.1 Å². The number of benzene rings is 1. The number of aliphatic carboxylic acids is 1. The lowest BCUT2D eigenvalue weighted by molar-refractivity contribution is -0.150. The Morgan fingerprint density at radius 2 is 1.79 bits per heavy atom. The van der Waals surface area contributed by atoms with Gasteiger partial charge in [0.05, 0.1) is 6.54 Å². The molecule has 10 heteroatoms. The van der Waals surface area contributed by atoms with Gasteiger partial charge in [0, 0.05) is 32.5 Å². The molecule has 0 saturated heterocycles. The van der Waals surface area contributed by atoms with Crippen LogP contribution in [0.5, 0.6) is 5.75 Å². The lowest BCUT2D eigenvalue weighted by Gasteiger charge is -2.23. The fourth-order valence-corrected chi connectivity index (χ4v) is 3.09. The van der Waals surface area contributed by atoms with E-state index in [0.29, 0.717) is 44.8 Å². The number of carboxylic acids is 1. The van der Waals surface area contributed by atoms with Crippen LogP contribution >= 0.6 is 0 Å². The fourth-order valence-electron chi connectivity index (χ4n) is 3.09. The number of nitrogens with one attached hydrogen (secondary N) is 1. The molecule has 1 rings (SSSR count). The number of carbonyl (C=O) groups excluding carboxylic acids is 1. The Kier molecular flexibility index (Phi) is 13.3. The second-order valence-electron chi connectivity index (χ2n) is 7.62. The number of hydrogen-bond donors (Lipinski definition) is 2. The molecule has 0 aromatic heterocycles. The summed E-state index contributed by atoms with van der Waals surface area (Å²) in [5.41, 5.74) is 0.794. The van der Waals surface area contributed by atoms with Gasteiger partial charge in [0.25, 0.3) is 0 Å². The van der Waals surface area contributed by atoms with Gasteiger partial charge < -0.3 is 24.8 Å². The first-order valence-corrected chi connectivity index (χ1v) is 11.3. The van der Waals surface area contributed by atoms with E-state index in [9.17, 15) is 27.9 Å². The maximum atomic E-state index is 12.3. The number of halogens is 3. The molecule has 2 N–H and O–H groups in total. The van der Waals surface area contributed by atoms with Gasteiger partial charge in [-0.1, -0.05) is 25.5 Å². The van der Waals surface area contributed by atoms with E-state index in [0.717, 1.165) is 12.0 Å². The minimum Gasteiger partial charge on any atom is -0.492 e. The van der Waals surface area contributed by atoms with E-state index in [1.165, 1.54) is 0 Å². The highest BCUT2D eigenvalue weighted by molar-refractivity contribution is 5.74. The number of carbonyl (C=O) groups is 2. The van der Waals surface area contributed by atoms with Crippen LogP contribution in [0, 0.1) is 0 Å². The van der Waals surface area contributed by atoms with Gasteiger partial charge in [0.15, 0.2) is 6.10 Å². The predicted octanol–water partition coefficient (Wildman–Crippen LogP) is 4.64. The highest BCUT2D eigenvalue weighted by Gasteiger charge is 2.26. The number of ether oxygens (including phenoxy) is 2. The maximum Gasteiger partial charge on any atom is 0.389 e. The number of alkyl halides is 3. The van der Waals surface area contributed by atoms with Crippen molar-refractivity contribution >= 4 is 12.0 Å². The minimum atomic E-state index is -4.15. The van der Waals surface area contributed by atoms with Crippen LogP contribution in [0.4, 0.5) is 18.0 Å². The van der Waals surface area contributed by atoms with Crippen LogP contribution in [0.2, 0.25) is 0 Å².